The smallest absolute Gasteiger partial charge is 0.251 e. The Labute approximate surface area is 241 Å². The minimum absolute atomic E-state index is 0.150. The molecule has 1 unspecified atom stereocenters. The molecule has 1 atom stereocenters. The summed E-state index contributed by atoms with van der Waals surface area (Å²) >= 11 is 0. The van der Waals surface area contributed by atoms with E-state index >= 15 is 0 Å². The summed E-state index contributed by atoms with van der Waals surface area (Å²) in [6, 6.07) is 18.9. The molecule has 0 radical (unpaired) electrons. The molecular weight excluding hydrogens is 536 g/mol. The molecule has 5 rings (SSSR count). The van der Waals surface area contributed by atoms with Gasteiger partial charge in [0.05, 0.1) is 28.3 Å². The Morgan fingerprint density at radius 2 is 1.85 bits per heavy atom. The Bertz CT molecular complexity index is 1700. The Balaban J connectivity index is 1.29. The van der Waals surface area contributed by atoms with Crippen molar-refractivity contribution in [3.8, 4) is 0 Å². The molecule has 1 fully saturated rings. The van der Waals surface area contributed by atoms with Crippen LogP contribution in [0.3, 0.4) is 0 Å². The molecular formula is C32H36N4O4S. The maximum absolute atomic E-state index is 12.8. The summed E-state index contributed by atoms with van der Waals surface area (Å²) in [4.78, 5) is 24.7. The zero-order chi connectivity index (χ0) is 29.4. The van der Waals surface area contributed by atoms with Gasteiger partial charge in [-0.1, -0.05) is 30.3 Å². The molecule has 1 aliphatic heterocycles. The Hall–Kier alpha value is -3.82. The van der Waals surface area contributed by atoms with Crippen molar-refractivity contribution < 1.29 is 18.3 Å². The molecule has 2 aromatic heterocycles. The number of rotatable bonds is 7. The first kappa shape index (κ1) is 28.7. The van der Waals surface area contributed by atoms with Crippen LogP contribution in [0.2, 0.25) is 0 Å². The highest BCUT2D eigenvalue weighted by Gasteiger charge is 2.24. The van der Waals surface area contributed by atoms with E-state index in [0.717, 1.165) is 54.5 Å². The highest BCUT2D eigenvalue weighted by Crippen LogP contribution is 2.31. The fourth-order valence-corrected chi connectivity index (χ4v) is 6.35. The van der Waals surface area contributed by atoms with Crippen molar-refractivity contribution in [3.63, 3.8) is 0 Å². The summed E-state index contributed by atoms with van der Waals surface area (Å²) in [6.07, 6.45) is 5.05. The number of sulfone groups is 1. The summed E-state index contributed by atoms with van der Waals surface area (Å²) in [5.74, 6) is 0.920. The van der Waals surface area contributed by atoms with Gasteiger partial charge in [-0.05, 0) is 80.6 Å². The van der Waals surface area contributed by atoms with Gasteiger partial charge < -0.3 is 15.3 Å². The first-order valence-electron chi connectivity index (χ1n) is 13.8. The summed E-state index contributed by atoms with van der Waals surface area (Å²) in [5, 5.41) is 14.0. The number of nitrogens with zero attached hydrogens (tertiary/aromatic N) is 3. The van der Waals surface area contributed by atoms with Crippen LogP contribution in [0.4, 0.5) is 5.82 Å². The second-order valence-electron chi connectivity index (χ2n) is 11.4. The summed E-state index contributed by atoms with van der Waals surface area (Å²) < 4.78 is 24.1. The second kappa shape index (κ2) is 11.2. The number of nitrogens with one attached hydrogen (secondary N) is 1. The third-order valence-corrected chi connectivity index (χ3v) is 8.97. The molecule has 0 bridgehead atoms. The average molecular weight is 573 g/mol. The number of amides is 1. The second-order valence-corrected chi connectivity index (χ2v) is 13.4. The van der Waals surface area contributed by atoms with E-state index in [-0.39, 0.29) is 22.9 Å². The molecule has 1 saturated heterocycles. The number of hydrogen-bond acceptors (Lipinski definition) is 7. The largest absolute Gasteiger partial charge is 0.386 e. The summed E-state index contributed by atoms with van der Waals surface area (Å²) in [5.41, 5.74) is 3.66. The normalized spacial score (nSPS) is 16.1. The number of aryl methyl sites for hydroxylation is 1. The van der Waals surface area contributed by atoms with E-state index < -0.39 is 15.4 Å². The van der Waals surface area contributed by atoms with Crippen LogP contribution in [-0.2, 0) is 22.0 Å². The topological polar surface area (TPSA) is 112 Å². The first-order valence-corrected chi connectivity index (χ1v) is 15.7. The van der Waals surface area contributed by atoms with Gasteiger partial charge in [-0.2, -0.15) is 0 Å². The van der Waals surface area contributed by atoms with Crippen molar-refractivity contribution in [2.45, 2.75) is 56.6 Å². The molecule has 2 N–H and O–H groups in total. The van der Waals surface area contributed by atoms with E-state index in [1.165, 1.54) is 11.6 Å². The number of pyridine rings is 2. The van der Waals surface area contributed by atoms with E-state index in [2.05, 4.69) is 27.3 Å². The molecule has 1 amide bonds. The number of carbonyl (C=O) groups is 1. The van der Waals surface area contributed by atoms with Crippen molar-refractivity contribution in [3.05, 3.63) is 94.8 Å². The van der Waals surface area contributed by atoms with Crippen molar-refractivity contribution >= 4 is 32.5 Å². The lowest BCUT2D eigenvalue weighted by molar-refractivity contribution is 0.0785. The average Bonchev–Trinajstić information content (AvgIpc) is 2.95. The van der Waals surface area contributed by atoms with Crippen molar-refractivity contribution in [2.75, 3.05) is 24.2 Å². The number of piperidine rings is 1. The minimum atomic E-state index is -3.43. The number of anilines is 1. The standard InChI is InChI=1S/C32H36N4O4S/c1-21-7-8-23(16-29(21)41(4,39)40)31(37)34-19-27-17-28-24(18-33-27)11-14-30(35-28)36-15-5-6-25(20-36)22-9-12-26(13-10-22)32(2,3)38/h7-14,16-18,25,38H,5-6,15,19-20H2,1-4H3,(H,34,37). The van der Waals surface area contributed by atoms with Gasteiger partial charge in [0.15, 0.2) is 9.84 Å². The third kappa shape index (κ3) is 6.57. The number of benzene rings is 2. The molecule has 3 heterocycles. The fourth-order valence-electron chi connectivity index (χ4n) is 5.35. The predicted molar refractivity (Wildman–Crippen MR) is 161 cm³/mol. The van der Waals surface area contributed by atoms with Crippen LogP contribution in [0.25, 0.3) is 10.9 Å². The third-order valence-electron chi connectivity index (χ3n) is 7.73. The number of hydrogen-bond donors (Lipinski definition) is 2. The van der Waals surface area contributed by atoms with E-state index in [4.69, 9.17) is 4.98 Å². The lowest BCUT2D eigenvalue weighted by atomic mass is 9.88. The SMILES string of the molecule is Cc1ccc(C(=O)NCc2cc3nc(N4CCCC(c5ccc(C(C)(C)O)cc5)C4)ccc3cn2)cc1S(C)(=O)=O. The van der Waals surface area contributed by atoms with Gasteiger partial charge in [0.25, 0.3) is 5.91 Å². The van der Waals surface area contributed by atoms with E-state index in [1.54, 1.807) is 39.1 Å². The zero-order valence-corrected chi connectivity index (χ0v) is 24.7. The molecule has 41 heavy (non-hydrogen) atoms. The highest BCUT2D eigenvalue weighted by molar-refractivity contribution is 7.90. The molecule has 1 aliphatic rings. The Kier molecular flexibility index (Phi) is 7.85. The van der Waals surface area contributed by atoms with Crippen molar-refractivity contribution in [1.29, 1.82) is 0 Å². The van der Waals surface area contributed by atoms with E-state index in [0.29, 0.717) is 17.2 Å². The minimum Gasteiger partial charge on any atom is -0.386 e. The van der Waals surface area contributed by atoms with E-state index in [9.17, 15) is 18.3 Å². The van der Waals surface area contributed by atoms with Crippen LogP contribution >= 0.6 is 0 Å². The molecule has 4 aromatic rings. The van der Waals surface area contributed by atoms with Gasteiger partial charge in [0.1, 0.15) is 5.82 Å². The van der Waals surface area contributed by atoms with E-state index in [1.807, 2.05) is 30.3 Å². The molecule has 0 spiro atoms. The molecule has 214 valence electrons. The lowest BCUT2D eigenvalue weighted by Gasteiger charge is -2.34. The van der Waals surface area contributed by atoms with Crippen LogP contribution < -0.4 is 10.2 Å². The molecule has 8 nitrogen and oxygen atoms in total. The number of aromatic nitrogens is 2. The Morgan fingerprint density at radius 1 is 1.10 bits per heavy atom. The monoisotopic (exact) mass is 572 g/mol. The van der Waals surface area contributed by atoms with Gasteiger partial charge in [-0.3, -0.25) is 9.78 Å². The van der Waals surface area contributed by atoms with Gasteiger partial charge in [0, 0.05) is 42.4 Å². The molecule has 2 aromatic carbocycles. The van der Waals surface area contributed by atoms with Gasteiger partial charge >= 0.3 is 0 Å². The molecule has 0 aliphatic carbocycles. The van der Waals surface area contributed by atoms with Gasteiger partial charge in [-0.25, -0.2) is 13.4 Å². The highest BCUT2D eigenvalue weighted by atomic mass is 32.2. The number of aliphatic hydroxyl groups is 1. The van der Waals surface area contributed by atoms with Crippen molar-refractivity contribution in [2.24, 2.45) is 0 Å². The summed E-state index contributed by atoms with van der Waals surface area (Å²) in [7, 11) is -3.43. The zero-order valence-electron chi connectivity index (χ0n) is 23.9. The summed E-state index contributed by atoms with van der Waals surface area (Å²) in [6.45, 7) is 7.28. The molecule has 9 heteroatoms. The van der Waals surface area contributed by atoms with Crippen LogP contribution in [0.15, 0.2) is 71.8 Å². The maximum atomic E-state index is 12.8. The number of carbonyl (C=O) groups excluding carboxylic acids is 1. The van der Waals surface area contributed by atoms with Crippen molar-refractivity contribution in [1.82, 2.24) is 15.3 Å². The van der Waals surface area contributed by atoms with Gasteiger partial charge in [0.2, 0.25) is 0 Å². The van der Waals surface area contributed by atoms with Crippen LogP contribution in [0.5, 0.6) is 0 Å². The lowest BCUT2D eigenvalue weighted by Crippen LogP contribution is -2.35. The van der Waals surface area contributed by atoms with Crippen LogP contribution in [-0.4, -0.2) is 48.7 Å². The van der Waals surface area contributed by atoms with Crippen LogP contribution in [0, 0.1) is 6.92 Å². The number of fused-ring (bicyclic) bond motifs is 1. The predicted octanol–water partition coefficient (Wildman–Crippen LogP) is 4.88. The molecule has 0 saturated carbocycles. The first-order chi connectivity index (χ1) is 19.4. The van der Waals surface area contributed by atoms with Gasteiger partial charge in [-0.15, -0.1) is 0 Å². The quantitative estimate of drug-likeness (QED) is 0.325. The fraction of sp³-hybridized carbons (Fsp3) is 0.344. The van der Waals surface area contributed by atoms with Crippen LogP contribution in [0.1, 0.15) is 65.3 Å². The maximum Gasteiger partial charge on any atom is 0.251 e. The Morgan fingerprint density at radius 3 is 2.56 bits per heavy atom.